The topological polar surface area (TPSA) is 84.9 Å². The van der Waals surface area contributed by atoms with Gasteiger partial charge in [0.25, 0.3) is 5.91 Å². The van der Waals surface area contributed by atoms with Crippen molar-refractivity contribution in [2.45, 2.75) is 32.6 Å². The number of rotatable bonds is 5. The molecule has 0 saturated heterocycles. The van der Waals surface area contributed by atoms with E-state index >= 15 is 0 Å². The Kier molecular flexibility index (Phi) is 6.40. The molecule has 2 aromatic carbocycles. The van der Waals surface area contributed by atoms with Crippen molar-refractivity contribution in [3.63, 3.8) is 0 Å². The molecule has 3 rings (SSSR count). The van der Waals surface area contributed by atoms with Gasteiger partial charge in [-0.3, -0.25) is 19.3 Å². The Morgan fingerprint density at radius 3 is 2.50 bits per heavy atom. The van der Waals surface area contributed by atoms with E-state index in [0.717, 1.165) is 5.56 Å². The summed E-state index contributed by atoms with van der Waals surface area (Å²) >= 11 is 0. The number of hydrogen-bond donors (Lipinski definition) is 1. The van der Waals surface area contributed by atoms with E-state index in [1.165, 1.54) is 4.90 Å². The molecule has 7 nitrogen and oxygen atoms in total. The van der Waals surface area contributed by atoms with E-state index in [-0.39, 0.29) is 30.9 Å². The van der Waals surface area contributed by atoms with Gasteiger partial charge in [-0.1, -0.05) is 45.0 Å². The summed E-state index contributed by atoms with van der Waals surface area (Å²) in [5, 5.41) is 2.70. The van der Waals surface area contributed by atoms with E-state index in [9.17, 15) is 14.4 Å². The van der Waals surface area contributed by atoms with Crippen LogP contribution in [-0.4, -0.2) is 37.5 Å². The minimum absolute atomic E-state index is 0.0203. The lowest BCUT2D eigenvalue weighted by atomic mass is 9.87. The first-order valence-corrected chi connectivity index (χ1v) is 9.82. The summed E-state index contributed by atoms with van der Waals surface area (Å²) in [4.78, 5) is 38.0. The molecule has 0 atom stereocenters. The van der Waals surface area contributed by atoms with Crippen molar-refractivity contribution in [1.82, 2.24) is 0 Å². The lowest BCUT2D eigenvalue weighted by molar-refractivity contribution is -0.146. The van der Waals surface area contributed by atoms with Crippen LogP contribution in [0.4, 0.5) is 11.4 Å². The number of amides is 2. The first-order valence-electron chi connectivity index (χ1n) is 9.82. The molecule has 7 heteroatoms. The van der Waals surface area contributed by atoms with Crippen LogP contribution in [0.2, 0.25) is 0 Å². The molecule has 0 aliphatic carbocycles. The Labute approximate surface area is 176 Å². The van der Waals surface area contributed by atoms with Crippen LogP contribution in [0.3, 0.4) is 0 Å². The van der Waals surface area contributed by atoms with Crippen molar-refractivity contribution in [1.29, 1.82) is 0 Å². The number of hydrogen-bond acceptors (Lipinski definition) is 5. The third kappa shape index (κ3) is 5.37. The number of nitrogens with zero attached hydrogens (tertiary/aromatic N) is 1. The van der Waals surface area contributed by atoms with Crippen LogP contribution in [0.1, 0.15) is 32.8 Å². The summed E-state index contributed by atoms with van der Waals surface area (Å²) in [5.41, 5.74) is 2.31. The van der Waals surface area contributed by atoms with Crippen molar-refractivity contribution in [2.24, 2.45) is 0 Å². The van der Waals surface area contributed by atoms with E-state index < -0.39 is 18.5 Å². The van der Waals surface area contributed by atoms with Gasteiger partial charge in [0, 0.05) is 5.69 Å². The van der Waals surface area contributed by atoms with Gasteiger partial charge in [0.1, 0.15) is 12.3 Å². The molecule has 0 bridgehead atoms. The van der Waals surface area contributed by atoms with E-state index in [0.29, 0.717) is 17.1 Å². The van der Waals surface area contributed by atoms with E-state index in [1.807, 2.05) is 24.3 Å². The van der Waals surface area contributed by atoms with E-state index in [4.69, 9.17) is 9.47 Å². The maximum Gasteiger partial charge on any atom is 0.326 e. The van der Waals surface area contributed by atoms with Gasteiger partial charge in [0.15, 0.2) is 6.61 Å². The zero-order valence-electron chi connectivity index (χ0n) is 17.4. The number of ether oxygens (including phenoxy) is 2. The van der Waals surface area contributed by atoms with E-state index in [2.05, 4.69) is 26.1 Å². The normalized spacial score (nSPS) is 13.7. The summed E-state index contributed by atoms with van der Waals surface area (Å²) in [6.07, 6.45) is 0.160. The minimum Gasteiger partial charge on any atom is -0.491 e. The smallest absolute Gasteiger partial charge is 0.326 e. The molecule has 158 valence electrons. The molecule has 0 aromatic heterocycles. The lowest BCUT2D eigenvalue weighted by Crippen LogP contribution is -2.36. The second-order valence-corrected chi connectivity index (χ2v) is 8.08. The fraction of sp³-hybridized carbons (Fsp3) is 0.348. The summed E-state index contributed by atoms with van der Waals surface area (Å²) in [7, 11) is 0. The molecule has 1 heterocycles. The predicted octanol–water partition coefficient (Wildman–Crippen LogP) is 3.28. The lowest BCUT2D eigenvalue weighted by Gasteiger charge is -2.20. The molecule has 0 unspecified atom stereocenters. The molecule has 1 N–H and O–H groups in total. The highest BCUT2D eigenvalue weighted by molar-refractivity contribution is 6.00. The van der Waals surface area contributed by atoms with Gasteiger partial charge in [-0.2, -0.15) is 0 Å². The molecule has 30 heavy (non-hydrogen) atoms. The zero-order valence-corrected chi connectivity index (χ0v) is 17.4. The van der Waals surface area contributed by atoms with Crippen molar-refractivity contribution in [3.8, 4) is 5.75 Å². The SMILES string of the molecule is CC(C)(C)c1ccc(NC(=O)COC(=O)CN2C(=O)CCOc3ccccc32)cc1. The van der Waals surface area contributed by atoms with Crippen LogP contribution in [-0.2, 0) is 24.5 Å². The standard InChI is InChI=1S/C23H26N2O5/c1-23(2,3)16-8-10-17(11-9-16)24-20(26)15-30-22(28)14-25-18-6-4-5-7-19(18)29-13-12-21(25)27/h4-11H,12-15H2,1-3H3,(H,24,26). The number of anilines is 2. The second kappa shape index (κ2) is 8.98. The molecule has 0 saturated carbocycles. The van der Waals surface area contributed by atoms with Gasteiger partial charge in [-0.05, 0) is 35.2 Å². The fourth-order valence-electron chi connectivity index (χ4n) is 3.06. The number of carbonyl (C=O) groups excluding carboxylic acids is 3. The average Bonchev–Trinajstić information content (AvgIpc) is 2.85. The molecular formula is C23H26N2O5. The van der Waals surface area contributed by atoms with E-state index in [1.54, 1.807) is 24.3 Å². The quantitative estimate of drug-likeness (QED) is 0.765. The number of para-hydroxylation sites is 2. The van der Waals surface area contributed by atoms with Gasteiger partial charge in [0.05, 0.1) is 18.7 Å². The Morgan fingerprint density at radius 2 is 1.80 bits per heavy atom. The molecule has 0 fully saturated rings. The maximum atomic E-state index is 12.3. The van der Waals surface area contributed by atoms with Crippen molar-refractivity contribution in [2.75, 3.05) is 30.0 Å². The molecule has 2 aromatic rings. The third-order valence-electron chi connectivity index (χ3n) is 4.72. The first kappa shape index (κ1) is 21.4. The summed E-state index contributed by atoms with van der Waals surface area (Å²) < 4.78 is 10.6. The Bertz CT molecular complexity index is 931. The Hall–Kier alpha value is -3.35. The summed E-state index contributed by atoms with van der Waals surface area (Å²) in [5.74, 6) is -0.816. The van der Waals surface area contributed by atoms with Gasteiger partial charge in [-0.25, -0.2) is 0 Å². The molecular weight excluding hydrogens is 384 g/mol. The highest BCUT2D eigenvalue weighted by Gasteiger charge is 2.25. The second-order valence-electron chi connectivity index (χ2n) is 8.08. The molecule has 1 aliphatic rings. The van der Waals surface area contributed by atoms with Crippen LogP contribution >= 0.6 is 0 Å². The maximum absolute atomic E-state index is 12.3. The fourth-order valence-corrected chi connectivity index (χ4v) is 3.06. The number of nitrogens with one attached hydrogen (secondary N) is 1. The number of esters is 1. The highest BCUT2D eigenvalue weighted by atomic mass is 16.5. The van der Waals surface area contributed by atoms with Crippen molar-refractivity contribution in [3.05, 3.63) is 54.1 Å². The van der Waals surface area contributed by atoms with Crippen LogP contribution in [0.15, 0.2) is 48.5 Å². The minimum atomic E-state index is -0.668. The number of carbonyl (C=O) groups is 3. The van der Waals surface area contributed by atoms with Crippen LogP contribution in [0.25, 0.3) is 0 Å². The van der Waals surface area contributed by atoms with Crippen LogP contribution < -0.4 is 15.0 Å². The summed E-state index contributed by atoms with van der Waals surface area (Å²) in [6.45, 7) is 5.86. The third-order valence-corrected chi connectivity index (χ3v) is 4.72. The average molecular weight is 410 g/mol. The van der Waals surface area contributed by atoms with Crippen molar-refractivity contribution < 1.29 is 23.9 Å². The summed E-state index contributed by atoms with van der Waals surface area (Å²) in [6, 6.07) is 14.5. The highest BCUT2D eigenvalue weighted by Crippen LogP contribution is 2.30. The molecule has 1 aliphatic heterocycles. The van der Waals surface area contributed by atoms with Gasteiger partial charge < -0.3 is 14.8 Å². The largest absolute Gasteiger partial charge is 0.491 e. The zero-order chi connectivity index (χ0) is 21.7. The Morgan fingerprint density at radius 1 is 1.10 bits per heavy atom. The predicted molar refractivity (Wildman–Crippen MR) is 114 cm³/mol. The van der Waals surface area contributed by atoms with Crippen LogP contribution in [0.5, 0.6) is 5.75 Å². The van der Waals surface area contributed by atoms with Crippen molar-refractivity contribution >= 4 is 29.2 Å². The van der Waals surface area contributed by atoms with Gasteiger partial charge in [0.2, 0.25) is 5.91 Å². The molecule has 2 amide bonds. The first-order chi connectivity index (χ1) is 14.2. The van der Waals surface area contributed by atoms with Crippen LogP contribution in [0, 0.1) is 0 Å². The van der Waals surface area contributed by atoms with Gasteiger partial charge >= 0.3 is 5.97 Å². The number of benzene rings is 2. The van der Waals surface area contributed by atoms with Gasteiger partial charge in [-0.15, -0.1) is 0 Å². The monoisotopic (exact) mass is 410 g/mol. The number of fused-ring (bicyclic) bond motifs is 1. The molecule has 0 radical (unpaired) electrons. The Balaban J connectivity index is 1.54. The molecule has 0 spiro atoms.